The summed E-state index contributed by atoms with van der Waals surface area (Å²) in [5.41, 5.74) is 5.80. The minimum atomic E-state index is -0.800. The Morgan fingerprint density at radius 1 is 1.82 bits per heavy atom. The standard InChI is InChI=1S/C7H10N2O2/c8-6(4-10)7(11)5-1-2-9-3-5/h1-3,6,9-10H,4,8H2. The summed E-state index contributed by atoms with van der Waals surface area (Å²) in [6.45, 7) is -0.315. The Kier molecular flexibility index (Phi) is 2.40. The van der Waals surface area contributed by atoms with Crippen LogP contribution in [0.15, 0.2) is 18.5 Å². The van der Waals surface area contributed by atoms with E-state index in [1.165, 1.54) is 0 Å². The van der Waals surface area contributed by atoms with Crippen LogP contribution in [-0.4, -0.2) is 28.5 Å². The molecule has 0 aliphatic heterocycles. The minimum Gasteiger partial charge on any atom is -0.394 e. The number of aliphatic hydroxyl groups excluding tert-OH is 1. The molecule has 0 saturated heterocycles. The van der Waals surface area contributed by atoms with Crippen LogP contribution in [0.3, 0.4) is 0 Å². The monoisotopic (exact) mass is 154 g/mol. The lowest BCUT2D eigenvalue weighted by Gasteiger charge is -2.03. The van der Waals surface area contributed by atoms with Crippen LogP contribution in [0.5, 0.6) is 0 Å². The molecule has 0 aromatic carbocycles. The maximum Gasteiger partial charge on any atom is 0.183 e. The molecule has 11 heavy (non-hydrogen) atoms. The third-order valence-electron chi connectivity index (χ3n) is 1.42. The predicted molar refractivity (Wildman–Crippen MR) is 40.2 cm³/mol. The summed E-state index contributed by atoms with van der Waals surface area (Å²) in [6.07, 6.45) is 3.19. The number of hydrogen-bond donors (Lipinski definition) is 3. The van der Waals surface area contributed by atoms with Crippen molar-refractivity contribution in [2.45, 2.75) is 6.04 Å². The van der Waals surface area contributed by atoms with Crippen LogP contribution in [0.2, 0.25) is 0 Å². The number of carbonyl (C=O) groups is 1. The van der Waals surface area contributed by atoms with Crippen LogP contribution >= 0.6 is 0 Å². The average molecular weight is 154 g/mol. The van der Waals surface area contributed by atoms with E-state index in [2.05, 4.69) is 4.98 Å². The molecule has 0 bridgehead atoms. The van der Waals surface area contributed by atoms with E-state index in [1.54, 1.807) is 18.5 Å². The Balaban J connectivity index is 2.70. The maximum absolute atomic E-state index is 11.1. The van der Waals surface area contributed by atoms with Crippen molar-refractivity contribution in [1.82, 2.24) is 4.98 Å². The predicted octanol–water partition coefficient (Wildman–Crippen LogP) is -0.483. The molecule has 0 aliphatic rings. The van der Waals surface area contributed by atoms with Crippen molar-refractivity contribution in [3.8, 4) is 0 Å². The van der Waals surface area contributed by atoms with Gasteiger partial charge in [0.05, 0.1) is 12.6 Å². The van der Waals surface area contributed by atoms with Gasteiger partial charge in [-0.1, -0.05) is 0 Å². The van der Waals surface area contributed by atoms with Crippen molar-refractivity contribution < 1.29 is 9.90 Å². The highest BCUT2D eigenvalue weighted by Gasteiger charge is 2.13. The molecule has 4 nitrogen and oxygen atoms in total. The maximum atomic E-state index is 11.1. The van der Waals surface area contributed by atoms with Crippen molar-refractivity contribution in [3.63, 3.8) is 0 Å². The third-order valence-corrected chi connectivity index (χ3v) is 1.42. The van der Waals surface area contributed by atoms with Crippen molar-refractivity contribution in [1.29, 1.82) is 0 Å². The molecule has 1 atom stereocenters. The summed E-state index contributed by atoms with van der Waals surface area (Å²) in [6, 6.07) is 0.823. The smallest absolute Gasteiger partial charge is 0.183 e. The molecule has 1 aromatic heterocycles. The van der Waals surface area contributed by atoms with Gasteiger partial charge in [-0.3, -0.25) is 4.79 Å². The number of aliphatic hydroxyl groups is 1. The quantitative estimate of drug-likeness (QED) is 0.514. The lowest BCUT2D eigenvalue weighted by molar-refractivity contribution is 0.0925. The fraction of sp³-hybridized carbons (Fsp3) is 0.286. The summed E-state index contributed by atoms with van der Waals surface area (Å²) in [5, 5.41) is 8.55. The van der Waals surface area contributed by atoms with Crippen molar-refractivity contribution in [3.05, 3.63) is 24.0 Å². The fourth-order valence-electron chi connectivity index (χ4n) is 0.774. The average Bonchev–Trinajstić information content (AvgIpc) is 2.53. The van der Waals surface area contributed by atoms with E-state index in [-0.39, 0.29) is 12.4 Å². The number of aromatic nitrogens is 1. The summed E-state index contributed by atoms with van der Waals surface area (Å²) in [5.74, 6) is -0.242. The van der Waals surface area contributed by atoms with Gasteiger partial charge >= 0.3 is 0 Å². The van der Waals surface area contributed by atoms with Gasteiger partial charge < -0.3 is 15.8 Å². The minimum absolute atomic E-state index is 0.242. The first kappa shape index (κ1) is 7.97. The molecule has 0 amide bonds. The Morgan fingerprint density at radius 2 is 2.55 bits per heavy atom. The first-order valence-corrected chi connectivity index (χ1v) is 3.29. The highest BCUT2D eigenvalue weighted by molar-refractivity contribution is 5.99. The fourth-order valence-corrected chi connectivity index (χ4v) is 0.774. The molecular formula is C7H10N2O2. The van der Waals surface area contributed by atoms with Crippen LogP contribution in [0, 0.1) is 0 Å². The summed E-state index contributed by atoms with van der Waals surface area (Å²) >= 11 is 0. The SMILES string of the molecule is NC(CO)C(=O)c1cc[nH]c1. The Morgan fingerprint density at radius 3 is 3.00 bits per heavy atom. The number of hydrogen-bond acceptors (Lipinski definition) is 3. The van der Waals surface area contributed by atoms with E-state index in [0.717, 1.165) is 0 Å². The second kappa shape index (κ2) is 3.32. The zero-order chi connectivity index (χ0) is 8.27. The molecule has 1 unspecified atom stereocenters. The molecule has 1 rings (SSSR count). The van der Waals surface area contributed by atoms with E-state index in [9.17, 15) is 4.79 Å². The number of ketones is 1. The molecule has 4 N–H and O–H groups in total. The molecule has 60 valence electrons. The molecule has 0 aliphatic carbocycles. The molecule has 1 heterocycles. The molecular weight excluding hydrogens is 144 g/mol. The lowest BCUT2D eigenvalue weighted by Crippen LogP contribution is -2.33. The van der Waals surface area contributed by atoms with Crippen LogP contribution in [0.1, 0.15) is 10.4 Å². The van der Waals surface area contributed by atoms with Gasteiger partial charge in [-0.25, -0.2) is 0 Å². The van der Waals surface area contributed by atoms with E-state index in [0.29, 0.717) is 5.56 Å². The molecule has 4 heteroatoms. The lowest BCUT2D eigenvalue weighted by atomic mass is 10.1. The van der Waals surface area contributed by atoms with Crippen molar-refractivity contribution in [2.24, 2.45) is 5.73 Å². The highest BCUT2D eigenvalue weighted by atomic mass is 16.3. The number of carbonyl (C=O) groups excluding carboxylic acids is 1. The van der Waals surface area contributed by atoms with Gasteiger partial charge in [-0.15, -0.1) is 0 Å². The normalized spacial score (nSPS) is 12.9. The van der Waals surface area contributed by atoms with Crippen LogP contribution in [0.25, 0.3) is 0 Å². The highest BCUT2D eigenvalue weighted by Crippen LogP contribution is 1.99. The van der Waals surface area contributed by atoms with Gasteiger partial charge in [-0.2, -0.15) is 0 Å². The zero-order valence-electron chi connectivity index (χ0n) is 5.95. The first-order chi connectivity index (χ1) is 5.25. The second-order valence-corrected chi connectivity index (χ2v) is 2.25. The van der Waals surface area contributed by atoms with Crippen LogP contribution < -0.4 is 5.73 Å². The van der Waals surface area contributed by atoms with Crippen LogP contribution in [0.4, 0.5) is 0 Å². The molecule has 0 radical (unpaired) electrons. The Hall–Kier alpha value is -1.13. The van der Waals surface area contributed by atoms with Crippen molar-refractivity contribution in [2.75, 3.05) is 6.61 Å². The molecule has 0 saturated carbocycles. The van der Waals surface area contributed by atoms with E-state index in [1.807, 2.05) is 0 Å². The summed E-state index contributed by atoms with van der Waals surface area (Å²) < 4.78 is 0. The number of nitrogens with one attached hydrogen (secondary N) is 1. The molecule has 1 aromatic rings. The van der Waals surface area contributed by atoms with Gasteiger partial charge in [0, 0.05) is 18.0 Å². The number of H-pyrrole nitrogens is 1. The number of aromatic amines is 1. The second-order valence-electron chi connectivity index (χ2n) is 2.25. The topological polar surface area (TPSA) is 79.1 Å². The number of Topliss-reactive ketones (excluding diaryl/α,β-unsaturated/α-hetero) is 1. The van der Waals surface area contributed by atoms with Gasteiger partial charge in [0.25, 0.3) is 0 Å². The third kappa shape index (κ3) is 1.66. The van der Waals surface area contributed by atoms with Crippen LogP contribution in [-0.2, 0) is 0 Å². The van der Waals surface area contributed by atoms with E-state index in [4.69, 9.17) is 10.8 Å². The molecule has 0 fully saturated rings. The Bertz CT molecular complexity index is 231. The van der Waals surface area contributed by atoms with E-state index >= 15 is 0 Å². The number of nitrogens with two attached hydrogens (primary N) is 1. The van der Waals surface area contributed by atoms with Gasteiger partial charge in [0.15, 0.2) is 5.78 Å². The van der Waals surface area contributed by atoms with Gasteiger partial charge in [0.1, 0.15) is 0 Å². The summed E-state index contributed by atoms with van der Waals surface area (Å²) in [7, 11) is 0. The van der Waals surface area contributed by atoms with Crippen molar-refractivity contribution >= 4 is 5.78 Å². The van der Waals surface area contributed by atoms with Gasteiger partial charge in [0.2, 0.25) is 0 Å². The largest absolute Gasteiger partial charge is 0.394 e. The first-order valence-electron chi connectivity index (χ1n) is 3.29. The summed E-state index contributed by atoms with van der Waals surface area (Å²) in [4.78, 5) is 13.9. The van der Waals surface area contributed by atoms with E-state index < -0.39 is 6.04 Å². The Labute approximate surface area is 64.0 Å². The molecule has 0 spiro atoms. The van der Waals surface area contributed by atoms with Gasteiger partial charge in [-0.05, 0) is 6.07 Å². The number of rotatable bonds is 3. The zero-order valence-corrected chi connectivity index (χ0v) is 5.95.